The molecule has 4 heteroatoms. The van der Waals surface area contributed by atoms with Gasteiger partial charge in [0, 0.05) is 17.8 Å². The molecular formula is C15H18N4. The van der Waals surface area contributed by atoms with E-state index >= 15 is 0 Å². The molecule has 2 aromatic rings. The van der Waals surface area contributed by atoms with E-state index in [0.717, 1.165) is 30.8 Å². The predicted molar refractivity (Wildman–Crippen MR) is 77.1 cm³/mol. The fraction of sp³-hybridized carbons (Fsp3) is 0.333. The summed E-state index contributed by atoms with van der Waals surface area (Å²) in [5.41, 5.74) is 9.48. The van der Waals surface area contributed by atoms with E-state index in [4.69, 9.17) is 5.73 Å². The van der Waals surface area contributed by atoms with Gasteiger partial charge in [-0.05, 0) is 37.3 Å². The lowest BCUT2D eigenvalue weighted by atomic mass is 9.88. The first-order valence-corrected chi connectivity index (χ1v) is 6.65. The van der Waals surface area contributed by atoms with Crippen molar-refractivity contribution in [1.82, 2.24) is 9.97 Å². The van der Waals surface area contributed by atoms with Gasteiger partial charge in [0.2, 0.25) is 5.95 Å². The first kappa shape index (κ1) is 12.0. The third-order valence-corrected chi connectivity index (χ3v) is 3.57. The third-order valence-electron chi connectivity index (χ3n) is 3.57. The maximum Gasteiger partial charge on any atom is 0.222 e. The summed E-state index contributed by atoms with van der Waals surface area (Å²) in [4.78, 5) is 8.33. The molecule has 98 valence electrons. The fourth-order valence-electron chi connectivity index (χ4n) is 2.70. The molecule has 0 bridgehead atoms. The zero-order valence-corrected chi connectivity index (χ0v) is 11.1. The standard InChI is InChI=1S/C15H18N4/c1-10-8-14(19-15(16)17-10)18-13-7-6-11-4-2-3-5-12(11)9-13/h2-5,8,13H,6-7,9H2,1H3,(H3,16,17,18,19). The van der Waals surface area contributed by atoms with Gasteiger partial charge < -0.3 is 11.1 Å². The second-order valence-electron chi connectivity index (χ2n) is 5.11. The average Bonchev–Trinajstić information content (AvgIpc) is 2.37. The highest BCUT2D eigenvalue weighted by Gasteiger charge is 2.18. The van der Waals surface area contributed by atoms with Gasteiger partial charge in [-0.2, -0.15) is 4.98 Å². The van der Waals surface area contributed by atoms with Gasteiger partial charge in [-0.1, -0.05) is 24.3 Å². The van der Waals surface area contributed by atoms with Gasteiger partial charge in [0.25, 0.3) is 0 Å². The van der Waals surface area contributed by atoms with Crippen molar-refractivity contribution in [3.05, 3.63) is 47.2 Å². The fourth-order valence-corrected chi connectivity index (χ4v) is 2.70. The van der Waals surface area contributed by atoms with Crippen molar-refractivity contribution < 1.29 is 0 Å². The number of nitrogen functional groups attached to an aromatic ring is 1. The average molecular weight is 254 g/mol. The first-order chi connectivity index (χ1) is 9.20. The number of anilines is 2. The Bertz CT molecular complexity index is 574. The van der Waals surface area contributed by atoms with Gasteiger partial charge in [0.1, 0.15) is 5.82 Å². The number of benzene rings is 1. The summed E-state index contributed by atoms with van der Waals surface area (Å²) in [6.45, 7) is 1.93. The molecule has 3 rings (SSSR count). The second kappa shape index (κ2) is 4.88. The number of nitrogens with two attached hydrogens (primary N) is 1. The minimum Gasteiger partial charge on any atom is -0.368 e. The molecule has 1 aromatic carbocycles. The van der Waals surface area contributed by atoms with Crippen LogP contribution in [0.5, 0.6) is 0 Å². The minimum atomic E-state index is 0.332. The largest absolute Gasteiger partial charge is 0.368 e. The summed E-state index contributed by atoms with van der Waals surface area (Å²) in [7, 11) is 0. The van der Waals surface area contributed by atoms with Crippen molar-refractivity contribution in [3.8, 4) is 0 Å². The molecule has 1 aliphatic carbocycles. The van der Waals surface area contributed by atoms with Crippen LogP contribution in [-0.2, 0) is 12.8 Å². The molecule has 3 N–H and O–H groups in total. The topological polar surface area (TPSA) is 63.8 Å². The highest BCUT2D eigenvalue weighted by atomic mass is 15.1. The quantitative estimate of drug-likeness (QED) is 0.863. The number of aromatic nitrogens is 2. The van der Waals surface area contributed by atoms with Crippen LogP contribution in [0.15, 0.2) is 30.3 Å². The second-order valence-corrected chi connectivity index (χ2v) is 5.11. The van der Waals surface area contributed by atoms with E-state index in [1.165, 1.54) is 11.1 Å². The number of fused-ring (bicyclic) bond motifs is 1. The summed E-state index contributed by atoms with van der Waals surface area (Å²) in [5.74, 6) is 1.16. The van der Waals surface area contributed by atoms with E-state index in [-0.39, 0.29) is 0 Å². The van der Waals surface area contributed by atoms with Crippen LogP contribution >= 0.6 is 0 Å². The maximum absolute atomic E-state index is 5.68. The van der Waals surface area contributed by atoms with E-state index < -0.39 is 0 Å². The third kappa shape index (κ3) is 2.67. The van der Waals surface area contributed by atoms with Crippen LogP contribution in [0.2, 0.25) is 0 Å². The Balaban J connectivity index is 1.75. The Morgan fingerprint density at radius 2 is 2.00 bits per heavy atom. The Kier molecular flexibility index (Phi) is 3.07. The smallest absolute Gasteiger partial charge is 0.222 e. The molecule has 1 atom stereocenters. The van der Waals surface area contributed by atoms with Gasteiger partial charge in [-0.3, -0.25) is 0 Å². The summed E-state index contributed by atoms with van der Waals surface area (Å²) in [6.07, 6.45) is 3.28. The molecule has 0 amide bonds. The van der Waals surface area contributed by atoms with Gasteiger partial charge in [0.05, 0.1) is 0 Å². The van der Waals surface area contributed by atoms with Crippen LogP contribution in [0.25, 0.3) is 0 Å². The highest BCUT2D eigenvalue weighted by molar-refractivity contribution is 5.42. The lowest BCUT2D eigenvalue weighted by molar-refractivity contribution is 0.608. The van der Waals surface area contributed by atoms with E-state index in [1.807, 2.05) is 13.0 Å². The maximum atomic E-state index is 5.68. The zero-order chi connectivity index (χ0) is 13.2. The Labute approximate surface area is 113 Å². The number of aryl methyl sites for hydroxylation is 2. The van der Waals surface area contributed by atoms with Crippen molar-refractivity contribution in [1.29, 1.82) is 0 Å². The molecule has 0 spiro atoms. The SMILES string of the molecule is Cc1cc(NC2CCc3ccccc3C2)nc(N)n1. The van der Waals surface area contributed by atoms with Gasteiger partial charge in [-0.25, -0.2) is 4.98 Å². The van der Waals surface area contributed by atoms with Crippen LogP contribution in [0, 0.1) is 6.92 Å². The van der Waals surface area contributed by atoms with Gasteiger partial charge >= 0.3 is 0 Å². The molecule has 0 saturated heterocycles. The van der Waals surface area contributed by atoms with E-state index in [9.17, 15) is 0 Å². The molecule has 1 unspecified atom stereocenters. The monoisotopic (exact) mass is 254 g/mol. The molecule has 0 fully saturated rings. The predicted octanol–water partition coefficient (Wildman–Crippen LogP) is 2.34. The molecule has 4 nitrogen and oxygen atoms in total. The van der Waals surface area contributed by atoms with Crippen LogP contribution in [0.3, 0.4) is 0 Å². The lowest BCUT2D eigenvalue weighted by Crippen LogP contribution is -2.27. The summed E-state index contributed by atoms with van der Waals surface area (Å²) < 4.78 is 0. The number of rotatable bonds is 2. The summed E-state index contributed by atoms with van der Waals surface area (Å²) in [5, 5.41) is 3.47. The Hall–Kier alpha value is -2.10. The molecule has 1 heterocycles. The normalized spacial score (nSPS) is 17.8. The molecular weight excluding hydrogens is 236 g/mol. The minimum absolute atomic E-state index is 0.332. The van der Waals surface area contributed by atoms with Crippen LogP contribution in [-0.4, -0.2) is 16.0 Å². The molecule has 0 aliphatic heterocycles. The highest BCUT2D eigenvalue weighted by Crippen LogP contribution is 2.23. The Morgan fingerprint density at radius 1 is 1.21 bits per heavy atom. The van der Waals surface area contributed by atoms with E-state index in [2.05, 4.69) is 39.6 Å². The van der Waals surface area contributed by atoms with Crippen molar-refractivity contribution in [3.63, 3.8) is 0 Å². The molecule has 1 aromatic heterocycles. The number of nitrogens with zero attached hydrogens (tertiary/aromatic N) is 2. The lowest BCUT2D eigenvalue weighted by Gasteiger charge is -2.26. The van der Waals surface area contributed by atoms with Crippen LogP contribution in [0.4, 0.5) is 11.8 Å². The van der Waals surface area contributed by atoms with Crippen molar-refractivity contribution >= 4 is 11.8 Å². The molecule has 0 radical (unpaired) electrons. The molecule has 19 heavy (non-hydrogen) atoms. The summed E-state index contributed by atoms with van der Waals surface area (Å²) >= 11 is 0. The van der Waals surface area contributed by atoms with E-state index in [1.54, 1.807) is 0 Å². The molecule has 1 aliphatic rings. The number of hydrogen-bond acceptors (Lipinski definition) is 4. The van der Waals surface area contributed by atoms with Crippen molar-refractivity contribution in [2.24, 2.45) is 0 Å². The van der Waals surface area contributed by atoms with Gasteiger partial charge in [-0.15, -0.1) is 0 Å². The van der Waals surface area contributed by atoms with Crippen LogP contribution < -0.4 is 11.1 Å². The van der Waals surface area contributed by atoms with Crippen molar-refractivity contribution in [2.75, 3.05) is 11.1 Å². The van der Waals surface area contributed by atoms with E-state index in [0.29, 0.717) is 12.0 Å². The number of hydrogen-bond donors (Lipinski definition) is 2. The van der Waals surface area contributed by atoms with Crippen molar-refractivity contribution in [2.45, 2.75) is 32.2 Å². The zero-order valence-electron chi connectivity index (χ0n) is 11.1. The Morgan fingerprint density at radius 3 is 2.79 bits per heavy atom. The van der Waals surface area contributed by atoms with Crippen LogP contribution in [0.1, 0.15) is 23.2 Å². The first-order valence-electron chi connectivity index (χ1n) is 6.65. The molecule has 0 saturated carbocycles. The summed E-state index contributed by atoms with van der Waals surface area (Å²) in [6, 6.07) is 11.0. The number of nitrogens with one attached hydrogen (secondary N) is 1. The van der Waals surface area contributed by atoms with Gasteiger partial charge in [0.15, 0.2) is 0 Å².